The number of esters is 1. The Balaban J connectivity index is 2.33. The molecule has 2 rings (SSSR count). The smallest absolute Gasteiger partial charge is 0.397 e. The van der Waals surface area contributed by atoms with Crippen LogP contribution in [0.15, 0.2) is 33.5 Å². The second kappa shape index (κ2) is 6.08. The minimum atomic E-state index is -1.06. The maximum Gasteiger partial charge on any atom is 0.397 e. The van der Waals surface area contributed by atoms with Crippen LogP contribution >= 0.6 is 0 Å². The van der Waals surface area contributed by atoms with Gasteiger partial charge in [-0.1, -0.05) is 0 Å². The molecule has 0 fully saturated rings. The molecule has 0 bridgehead atoms. The van der Waals surface area contributed by atoms with E-state index in [-0.39, 0.29) is 12.3 Å². The molecule has 0 spiro atoms. The number of fused-ring (bicyclic) bond motifs is 1. The van der Waals surface area contributed by atoms with E-state index in [9.17, 15) is 14.4 Å². The van der Waals surface area contributed by atoms with Crippen LogP contribution in [0, 0.1) is 0 Å². The van der Waals surface area contributed by atoms with Crippen LogP contribution in [0.5, 0.6) is 5.75 Å². The maximum atomic E-state index is 11.8. The fourth-order valence-electron chi connectivity index (χ4n) is 1.68. The standard InChI is InChI=1S/C14H13NO6/c1-3-20-14(18)12(16)15-10-6-8-4-5-9(19-2)7-11(8)21-13(10)17/h4-7H,3H2,1-2H3,(H,15,16). The zero-order chi connectivity index (χ0) is 15.4. The van der Waals surface area contributed by atoms with Crippen LogP contribution in [0.3, 0.4) is 0 Å². The van der Waals surface area contributed by atoms with Crippen molar-refractivity contribution in [1.82, 2.24) is 0 Å². The summed E-state index contributed by atoms with van der Waals surface area (Å²) in [6.45, 7) is 1.64. The van der Waals surface area contributed by atoms with Crippen molar-refractivity contribution in [3.63, 3.8) is 0 Å². The van der Waals surface area contributed by atoms with Gasteiger partial charge in [-0.15, -0.1) is 0 Å². The number of ether oxygens (including phenoxy) is 2. The summed E-state index contributed by atoms with van der Waals surface area (Å²) in [5.41, 5.74) is -0.590. The fourth-order valence-corrected chi connectivity index (χ4v) is 1.68. The summed E-state index contributed by atoms with van der Waals surface area (Å²) in [6.07, 6.45) is 0. The number of hydrogen-bond acceptors (Lipinski definition) is 6. The molecule has 0 radical (unpaired) electrons. The summed E-state index contributed by atoms with van der Waals surface area (Å²) in [7, 11) is 1.49. The summed E-state index contributed by atoms with van der Waals surface area (Å²) in [5, 5.41) is 2.74. The molecular formula is C14H13NO6. The summed E-state index contributed by atoms with van der Waals surface area (Å²) in [6, 6.07) is 6.31. The average molecular weight is 291 g/mol. The first-order chi connectivity index (χ1) is 10.0. The zero-order valence-electron chi connectivity index (χ0n) is 11.5. The third-order valence-electron chi connectivity index (χ3n) is 2.65. The van der Waals surface area contributed by atoms with Crippen molar-refractivity contribution in [2.24, 2.45) is 0 Å². The van der Waals surface area contributed by atoms with Crippen molar-refractivity contribution in [2.45, 2.75) is 6.92 Å². The Morgan fingerprint density at radius 3 is 2.71 bits per heavy atom. The lowest BCUT2D eigenvalue weighted by molar-refractivity contribution is -0.152. The maximum absolute atomic E-state index is 11.8. The Labute approximate surface area is 119 Å². The van der Waals surface area contributed by atoms with E-state index in [0.717, 1.165) is 0 Å². The molecule has 1 heterocycles. The van der Waals surface area contributed by atoms with Gasteiger partial charge in [-0.3, -0.25) is 4.79 Å². The van der Waals surface area contributed by atoms with Crippen molar-refractivity contribution in [3.8, 4) is 5.75 Å². The van der Waals surface area contributed by atoms with Crippen LogP contribution in [0.2, 0.25) is 0 Å². The van der Waals surface area contributed by atoms with E-state index in [1.165, 1.54) is 13.2 Å². The van der Waals surface area contributed by atoms with E-state index < -0.39 is 17.5 Å². The third kappa shape index (κ3) is 3.19. The predicted molar refractivity (Wildman–Crippen MR) is 74.3 cm³/mol. The summed E-state index contributed by atoms with van der Waals surface area (Å²) in [4.78, 5) is 34.5. The molecule has 0 unspecified atom stereocenters. The van der Waals surface area contributed by atoms with Gasteiger partial charge in [0.2, 0.25) is 0 Å². The first-order valence-corrected chi connectivity index (χ1v) is 6.15. The summed E-state index contributed by atoms with van der Waals surface area (Å²) in [5.74, 6) is -1.56. The number of benzene rings is 1. The number of hydrogen-bond donors (Lipinski definition) is 1. The van der Waals surface area contributed by atoms with E-state index in [1.807, 2.05) is 0 Å². The molecule has 2 aromatic rings. The normalized spacial score (nSPS) is 10.2. The molecule has 0 saturated heterocycles. The minimum absolute atomic E-state index is 0.0678. The van der Waals surface area contributed by atoms with Crippen molar-refractivity contribution >= 4 is 28.5 Å². The van der Waals surface area contributed by atoms with Gasteiger partial charge < -0.3 is 19.2 Å². The molecule has 7 heteroatoms. The van der Waals surface area contributed by atoms with Crippen LogP contribution in [-0.4, -0.2) is 25.6 Å². The van der Waals surface area contributed by atoms with Gasteiger partial charge in [0, 0.05) is 11.5 Å². The van der Waals surface area contributed by atoms with E-state index >= 15 is 0 Å². The van der Waals surface area contributed by atoms with Gasteiger partial charge in [0.05, 0.1) is 13.7 Å². The highest BCUT2D eigenvalue weighted by Gasteiger charge is 2.17. The first kappa shape index (κ1) is 14.6. The topological polar surface area (TPSA) is 94.8 Å². The van der Waals surface area contributed by atoms with Crippen LogP contribution in [0.4, 0.5) is 5.69 Å². The highest BCUT2D eigenvalue weighted by atomic mass is 16.5. The van der Waals surface area contributed by atoms with Gasteiger partial charge in [-0.2, -0.15) is 0 Å². The quantitative estimate of drug-likeness (QED) is 0.520. The van der Waals surface area contributed by atoms with E-state index in [1.54, 1.807) is 25.1 Å². The largest absolute Gasteiger partial charge is 0.497 e. The Hall–Kier alpha value is -2.83. The SMILES string of the molecule is CCOC(=O)C(=O)Nc1cc2ccc(OC)cc2oc1=O. The Kier molecular flexibility index (Phi) is 4.22. The number of carbonyl (C=O) groups excluding carboxylic acids is 2. The number of amides is 1. The van der Waals surface area contributed by atoms with Crippen molar-refractivity contribution in [3.05, 3.63) is 34.7 Å². The Morgan fingerprint density at radius 2 is 2.05 bits per heavy atom. The minimum Gasteiger partial charge on any atom is -0.497 e. The monoisotopic (exact) mass is 291 g/mol. The van der Waals surface area contributed by atoms with Gasteiger partial charge >= 0.3 is 17.5 Å². The number of rotatable bonds is 3. The molecule has 0 aliphatic rings. The molecule has 0 saturated carbocycles. The van der Waals surface area contributed by atoms with Crippen molar-refractivity contribution in [1.29, 1.82) is 0 Å². The summed E-state index contributed by atoms with van der Waals surface area (Å²) < 4.78 is 14.6. The molecule has 1 aromatic heterocycles. The molecule has 7 nitrogen and oxygen atoms in total. The molecule has 1 aromatic carbocycles. The van der Waals surface area contributed by atoms with Crippen LogP contribution in [0.1, 0.15) is 6.92 Å². The second-order valence-electron chi connectivity index (χ2n) is 4.03. The van der Waals surface area contributed by atoms with Crippen molar-refractivity contribution in [2.75, 3.05) is 19.0 Å². The first-order valence-electron chi connectivity index (χ1n) is 6.15. The lowest BCUT2D eigenvalue weighted by atomic mass is 10.2. The molecule has 21 heavy (non-hydrogen) atoms. The van der Waals surface area contributed by atoms with E-state index in [0.29, 0.717) is 16.7 Å². The highest BCUT2D eigenvalue weighted by molar-refractivity contribution is 6.37. The number of anilines is 1. The molecule has 0 atom stereocenters. The highest BCUT2D eigenvalue weighted by Crippen LogP contribution is 2.21. The summed E-state index contributed by atoms with van der Waals surface area (Å²) >= 11 is 0. The lowest BCUT2D eigenvalue weighted by Gasteiger charge is -2.05. The zero-order valence-corrected chi connectivity index (χ0v) is 11.5. The lowest BCUT2D eigenvalue weighted by Crippen LogP contribution is -2.27. The van der Waals surface area contributed by atoms with Crippen LogP contribution < -0.4 is 15.7 Å². The number of carbonyl (C=O) groups is 2. The van der Waals surface area contributed by atoms with Gasteiger partial charge in [0.15, 0.2) is 0 Å². The Bertz CT molecular complexity index is 749. The van der Waals surface area contributed by atoms with E-state index in [2.05, 4.69) is 10.1 Å². The molecule has 0 aliphatic heterocycles. The molecular weight excluding hydrogens is 278 g/mol. The molecule has 1 amide bonds. The predicted octanol–water partition coefficient (Wildman–Crippen LogP) is 1.30. The number of nitrogens with one attached hydrogen (secondary N) is 1. The molecule has 0 aliphatic carbocycles. The van der Waals surface area contributed by atoms with Gasteiger partial charge in [-0.25, -0.2) is 9.59 Å². The van der Waals surface area contributed by atoms with Crippen LogP contribution in [-0.2, 0) is 14.3 Å². The van der Waals surface area contributed by atoms with Gasteiger partial charge in [0.1, 0.15) is 17.0 Å². The van der Waals surface area contributed by atoms with Crippen molar-refractivity contribution < 1.29 is 23.5 Å². The molecule has 110 valence electrons. The van der Waals surface area contributed by atoms with E-state index in [4.69, 9.17) is 9.15 Å². The second-order valence-corrected chi connectivity index (χ2v) is 4.03. The van der Waals surface area contributed by atoms with Crippen LogP contribution in [0.25, 0.3) is 11.0 Å². The number of methoxy groups -OCH3 is 1. The fraction of sp³-hybridized carbons (Fsp3) is 0.214. The van der Waals surface area contributed by atoms with Gasteiger partial charge in [-0.05, 0) is 25.1 Å². The Morgan fingerprint density at radius 1 is 1.29 bits per heavy atom. The molecule has 1 N–H and O–H groups in total. The van der Waals surface area contributed by atoms with Gasteiger partial charge in [0.25, 0.3) is 0 Å². The average Bonchev–Trinajstić information content (AvgIpc) is 2.47. The third-order valence-corrected chi connectivity index (χ3v) is 2.65.